The van der Waals surface area contributed by atoms with Crippen molar-refractivity contribution in [2.75, 3.05) is 0 Å². The van der Waals surface area contributed by atoms with Crippen LogP contribution in [0.3, 0.4) is 0 Å². The summed E-state index contributed by atoms with van der Waals surface area (Å²) in [4.78, 5) is 23.5. The largest absolute Gasteiger partial charge is 0.491 e. The van der Waals surface area contributed by atoms with E-state index < -0.39 is 23.9 Å². The van der Waals surface area contributed by atoms with E-state index in [1.165, 1.54) is 5.48 Å². The number of nitrogens with one attached hydrogen (secondary N) is 2. The van der Waals surface area contributed by atoms with Crippen LogP contribution < -0.4 is 21.3 Å². The number of rotatable bonds is 6. The molecule has 0 fully saturated rings. The van der Waals surface area contributed by atoms with E-state index in [1.54, 1.807) is 31.2 Å². The molecule has 0 radical (unpaired) electrons. The van der Waals surface area contributed by atoms with E-state index in [4.69, 9.17) is 15.7 Å². The Morgan fingerprint density at radius 2 is 1.76 bits per heavy atom. The van der Waals surface area contributed by atoms with Crippen molar-refractivity contribution in [2.24, 2.45) is 5.73 Å². The molecule has 0 saturated carbocycles. The van der Waals surface area contributed by atoms with Crippen LogP contribution in [0.25, 0.3) is 0 Å². The van der Waals surface area contributed by atoms with E-state index in [0.29, 0.717) is 11.3 Å². The number of hydrogen-bond acceptors (Lipinski definition) is 5. The van der Waals surface area contributed by atoms with Gasteiger partial charge in [-0.1, -0.05) is 0 Å². The van der Waals surface area contributed by atoms with Gasteiger partial charge in [-0.05, 0) is 45.0 Å². The summed E-state index contributed by atoms with van der Waals surface area (Å²) in [7, 11) is 0. The zero-order valence-electron chi connectivity index (χ0n) is 12.3. The van der Waals surface area contributed by atoms with Gasteiger partial charge in [-0.25, -0.2) is 5.48 Å². The predicted octanol–water partition coefficient (Wildman–Crippen LogP) is 0.425. The van der Waals surface area contributed by atoms with Gasteiger partial charge < -0.3 is 15.8 Å². The number of nitrogens with two attached hydrogens (primary N) is 1. The lowest BCUT2D eigenvalue weighted by Crippen LogP contribution is -2.54. The van der Waals surface area contributed by atoms with E-state index in [1.807, 2.05) is 13.8 Å². The number of benzene rings is 1. The summed E-state index contributed by atoms with van der Waals surface area (Å²) in [6.07, 6.45) is 0.0420. The average Bonchev–Trinajstić information content (AvgIpc) is 2.43. The van der Waals surface area contributed by atoms with Crippen LogP contribution in [0.15, 0.2) is 24.3 Å². The molecular formula is C14H21N3O4. The van der Waals surface area contributed by atoms with Crippen LogP contribution in [-0.4, -0.2) is 35.2 Å². The minimum Gasteiger partial charge on any atom is -0.491 e. The Labute approximate surface area is 123 Å². The average molecular weight is 295 g/mol. The number of ether oxygens (including phenoxy) is 1. The van der Waals surface area contributed by atoms with E-state index in [0.717, 1.165) is 0 Å². The molecule has 5 N–H and O–H groups in total. The first-order valence-corrected chi connectivity index (χ1v) is 6.62. The molecule has 21 heavy (non-hydrogen) atoms. The number of carbonyl (C=O) groups excluding carboxylic acids is 2. The Morgan fingerprint density at radius 1 is 1.19 bits per heavy atom. The second-order valence-corrected chi connectivity index (χ2v) is 4.98. The third kappa shape index (κ3) is 5.05. The molecule has 0 bridgehead atoms. The fourth-order valence-electron chi connectivity index (χ4n) is 1.69. The molecule has 0 aliphatic heterocycles. The molecule has 7 heteroatoms. The first-order chi connectivity index (χ1) is 9.85. The maximum atomic E-state index is 12.0. The highest BCUT2D eigenvalue weighted by molar-refractivity contribution is 5.97. The van der Waals surface area contributed by atoms with Gasteiger partial charge >= 0.3 is 0 Å². The normalized spacial score (nSPS) is 13.4. The molecule has 2 amide bonds. The van der Waals surface area contributed by atoms with Gasteiger partial charge in [0.15, 0.2) is 0 Å². The highest BCUT2D eigenvalue weighted by Gasteiger charge is 2.24. The molecule has 0 heterocycles. The molecule has 0 unspecified atom stereocenters. The van der Waals surface area contributed by atoms with E-state index in [9.17, 15) is 9.59 Å². The minimum atomic E-state index is -1.02. The molecule has 1 rings (SSSR count). The molecule has 0 spiro atoms. The maximum Gasteiger partial charge on any atom is 0.267 e. The van der Waals surface area contributed by atoms with Gasteiger partial charge in [0.2, 0.25) is 0 Å². The fourth-order valence-corrected chi connectivity index (χ4v) is 1.69. The van der Waals surface area contributed by atoms with Crippen LogP contribution in [-0.2, 0) is 4.79 Å². The minimum absolute atomic E-state index is 0.0420. The maximum absolute atomic E-state index is 12.0. The van der Waals surface area contributed by atoms with Gasteiger partial charge in [0.1, 0.15) is 11.8 Å². The highest BCUT2D eigenvalue weighted by atomic mass is 16.5. The smallest absolute Gasteiger partial charge is 0.267 e. The van der Waals surface area contributed by atoms with Crippen LogP contribution in [0.1, 0.15) is 31.1 Å². The molecule has 7 nitrogen and oxygen atoms in total. The molecular weight excluding hydrogens is 274 g/mol. The van der Waals surface area contributed by atoms with Crippen molar-refractivity contribution in [3.8, 4) is 5.75 Å². The van der Waals surface area contributed by atoms with E-state index in [-0.39, 0.29) is 6.10 Å². The van der Waals surface area contributed by atoms with Gasteiger partial charge in [0, 0.05) is 11.6 Å². The van der Waals surface area contributed by atoms with Gasteiger partial charge in [-0.3, -0.25) is 14.8 Å². The highest BCUT2D eigenvalue weighted by Crippen LogP contribution is 2.14. The molecule has 116 valence electrons. The summed E-state index contributed by atoms with van der Waals surface area (Å²) in [6, 6.07) is 4.84. The quantitative estimate of drug-likeness (QED) is 0.449. The van der Waals surface area contributed by atoms with Crippen molar-refractivity contribution >= 4 is 11.8 Å². The van der Waals surface area contributed by atoms with Crippen molar-refractivity contribution in [2.45, 2.75) is 39.0 Å². The lowest BCUT2D eigenvalue weighted by Gasteiger charge is -2.20. The monoisotopic (exact) mass is 295 g/mol. The number of amides is 2. The number of hydrogen-bond donors (Lipinski definition) is 4. The first kappa shape index (κ1) is 16.9. The van der Waals surface area contributed by atoms with Gasteiger partial charge in [0.05, 0.1) is 6.10 Å². The third-order valence-corrected chi connectivity index (χ3v) is 2.69. The van der Waals surface area contributed by atoms with Crippen LogP contribution in [0.4, 0.5) is 0 Å². The molecule has 1 aromatic rings. The SMILES string of the molecule is CC(C)Oc1ccc(C(=O)N[C@H](C(=O)NO)[C@@H](C)N)cc1. The van der Waals surface area contributed by atoms with Crippen LogP contribution in [0.5, 0.6) is 5.75 Å². The summed E-state index contributed by atoms with van der Waals surface area (Å²) in [5, 5.41) is 11.1. The molecule has 0 aliphatic rings. The van der Waals surface area contributed by atoms with Crippen molar-refractivity contribution < 1.29 is 19.5 Å². The van der Waals surface area contributed by atoms with Gasteiger partial charge in [0.25, 0.3) is 11.8 Å². The fraction of sp³-hybridized carbons (Fsp3) is 0.429. The van der Waals surface area contributed by atoms with Crippen molar-refractivity contribution in [3.05, 3.63) is 29.8 Å². The van der Waals surface area contributed by atoms with Crippen LogP contribution >= 0.6 is 0 Å². The lowest BCUT2D eigenvalue weighted by molar-refractivity contribution is -0.131. The summed E-state index contributed by atoms with van der Waals surface area (Å²) >= 11 is 0. The van der Waals surface area contributed by atoms with Gasteiger partial charge in [-0.2, -0.15) is 0 Å². The lowest BCUT2D eigenvalue weighted by atomic mass is 10.1. The predicted molar refractivity (Wildman–Crippen MR) is 77.0 cm³/mol. The van der Waals surface area contributed by atoms with Gasteiger partial charge in [-0.15, -0.1) is 0 Å². The van der Waals surface area contributed by atoms with Crippen molar-refractivity contribution in [3.63, 3.8) is 0 Å². The zero-order chi connectivity index (χ0) is 16.0. The summed E-state index contributed by atoms with van der Waals surface area (Å²) in [5.41, 5.74) is 7.46. The standard InChI is InChI=1S/C14H21N3O4/c1-8(2)21-11-6-4-10(5-7-11)13(18)16-12(9(3)15)14(19)17-20/h4-9,12,20H,15H2,1-3H3,(H,16,18)(H,17,19)/t9-,12+/m1/s1. The molecule has 1 aromatic carbocycles. The second kappa shape index (κ2) is 7.61. The number of hydroxylamine groups is 1. The summed E-state index contributed by atoms with van der Waals surface area (Å²) in [5.74, 6) is -0.575. The Hall–Kier alpha value is -2.12. The van der Waals surface area contributed by atoms with Crippen molar-refractivity contribution in [1.29, 1.82) is 0 Å². The Bertz CT molecular complexity index is 485. The van der Waals surface area contributed by atoms with E-state index in [2.05, 4.69) is 5.32 Å². The van der Waals surface area contributed by atoms with Crippen LogP contribution in [0, 0.1) is 0 Å². The topological polar surface area (TPSA) is 114 Å². The van der Waals surface area contributed by atoms with E-state index >= 15 is 0 Å². The number of carbonyl (C=O) groups is 2. The Balaban J connectivity index is 2.76. The Morgan fingerprint density at radius 3 is 2.19 bits per heavy atom. The molecule has 0 saturated heterocycles. The first-order valence-electron chi connectivity index (χ1n) is 6.62. The summed E-state index contributed by atoms with van der Waals surface area (Å²) < 4.78 is 5.47. The second-order valence-electron chi connectivity index (χ2n) is 4.98. The third-order valence-electron chi connectivity index (χ3n) is 2.69. The molecule has 0 aliphatic carbocycles. The molecule has 0 aromatic heterocycles. The molecule has 2 atom stereocenters. The van der Waals surface area contributed by atoms with Crippen molar-refractivity contribution in [1.82, 2.24) is 10.8 Å². The Kier molecular flexibility index (Phi) is 6.13. The zero-order valence-corrected chi connectivity index (χ0v) is 12.3. The van der Waals surface area contributed by atoms with Crippen LogP contribution in [0.2, 0.25) is 0 Å². The summed E-state index contributed by atoms with van der Waals surface area (Å²) in [6.45, 7) is 5.36.